The van der Waals surface area contributed by atoms with Crippen LogP contribution < -0.4 is 4.90 Å². The van der Waals surface area contributed by atoms with E-state index in [0.29, 0.717) is 11.6 Å². The highest BCUT2D eigenvalue weighted by Gasteiger charge is 2.49. The van der Waals surface area contributed by atoms with Crippen LogP contribution in [0.15, 0.2) is 29.3 Å². The molecule has 2 aliphatic heterocycles. The third-order valence-corrected chi connectivity index (χ3v) is 7.55. The van der Waals surface area contributed by atoms with Gasteiger partial charge in [-0.1, -0.05) is 42.8 Å². The number of amides is 1. The number of anilines is 1. The number of carbonyl (C=O) groups is 1. The van der Waals surface area contributed by atoms with E-state index < -0.39 is 9.84 Å². The summed E-state index contributed by atoms with van der Waals surface area (Å²) in [7, 11) is -3.02. The molecule has 0 saturated carbocycles. The molecule has 2 fully saturated rings. The molecule has 2 heterocycles. The monoisotopic (exact) mass is 366 g/mol. The van der Waals surface area contributed by atoms with E-state index in [-0.39, 0.29) is 28.7 Å². The summed E-state index contributed by atoms with van der Waals surface area (Å²) in [6.07, 6.45) is 2.22. The van der Waals surface area contributed by atoms with Crippen molar-refractivity contribution in [2.24, 2.45) is 4.99 Å². The van der Waals surface area contributed by atoms with E-state index in [9.17, 15) is 13.2 Å². The van der Waals surface area contributed by atoms with Crippen molar-refractivity contribution in [3.8, 4) is 0 Å². The van der Waals surface area contributed by atoms with Crippen molar-refractivity contribution in [2.45, 2.75) is 44.4 Å². The molecule has 0 unspecified atom stereocenters. The third-order valence-electron chi connectivity index (χ3n) is 4.34. The van der Waals surface area contributed by atoms with E-state index in [0.717, 1.165) is 24.1 Å². The molecular formula is C17H22N2O3S2. The fourth-order valence-corrected chi connectivity index (χ4v) is 6.99. The van der Waals surface area contributed by atoms with Crippen LogP contribution in [0.3, 0.4) is 0 Å². The molecule has 2 saturated heterocycles. The van der Waals surface area contributed by atoms with E-state index >= 15 is 0 Å². The molecule has 2 aliphatic rings. The number of rotatable bonds is 4. The molecule has 0 aliphatic carbocycles. The van der Waals surface area contributed by atoms with Crippen molar-refractivity contribution in [1.82, 2.24) is 0 Å². The minimum absolute atomic E-state index is 0.0472. The van der Waals surface area contributed by atoms with Gasteiger partial charge in [0.25, 0.3) is 0 Å². The fraction of sp³-hybridized carbons (Fsp3) is 0.529. The zero-order chi connectivity index (χ0) is 17.3. The van der Waals surface area contributed by atoms with E-state index in [1.165, 1.54) is 11.8 Å². The topological polar surface area (TPSA) is 66.8 Å². The molecule has 7 heteroatoms. The number of fused-ring (bicyclic) bond motifs is 1. The van der Waals surface area contributed by atoms with Crippen LogP contribution >= 0.6 is 11.8 Å². The highest BCUT2D eigenvalue weighted by Crippen LogP contribution is 2.41. The van der Waals surface area contributed by atoms with E-state index in [1.54, 1.807) is 0 Å². The summed E-state index contributed by atoms with van der Waals surface area (Å²) in [5, 5.41) is 0.596. The smallest absolute Gasteiger partial charge is 0.248 e. The van der Waals surface area contributed by atoms with E-state index in [2.05, 4.69) is 4.99 Å². The summed E-state index contributed by atoms with van der Waals surface area (Å²) in [6, 6.07) is 7.78. The first-order valence-corrected chi connectivity index (χ1v) is 10.9. The Morgan fingerprint density at radius 1 is 1.29 bits per heavy atom. The van der Waals surface area contributed by atoms with Gasteiger partial charge in [-0.15, -0.1) is 0 Å². The minimum atomic E-state index is -3.02. The SMILES string of the molecule is CCCCC(=O)N=C1S[C@H]2CS(=O)(=O)C[C@@H]2N1c1ccc(C)cc1. The van der Waals surface area contributed by atoms with Crippen LogP contribution in [0.5, 0.6) is 0 Å². The number of aryl methyl sites for hydroxylation is 1. The van der Waals surface area contributed by atoms with Crippen LogP contribution in [-0.2, 0) is 14.6 Å². The number of aliphatic imine (C=N–C) groups is 1. The highest BCUT2D eigenvalue weighted by atomic mass is 32.2. The molecule has 5 nitrogen and oxygen atoms in total. The summed E-state index contributed by atoms with van der Waals surface area (Å²) < 4.78 is 24.0. The van der Waals surface area contributed by atoms with Gasteiger partial charge in [0.2, 0.25) is 5.91 Å². The average Bonchev–Trinajstić information content (AvgIpc) is 2.97. The first-order chi connectivity index (χ1) is 11.4. The minimum Gasteiger partial charge on any atom is -0.316 e. The summed E-state index contributed by atoms with van der Waals surface area (Å²) >= 11 is 1.43. The second-order valence-electron chi connectivity index (χ2n) is 6.40. The third kappa shape index (κ3) is 3.67. The molecule has 130 valence electrons. The fourth-order valence-electron chi connectivity index (χ4n) is 3.06. The number of nitrogens with zero attached hydrogens (tertiary/aromatic N) is 2. The molecule has 0 N–H and O–H groups in total. The quantitative estimate of drug-likeness (QED) is 0.820. The van der Waals surface area contributed by atoms with Gasteiger partial charge in [-0.25, -0.2) is 8.42 Å². The summed E-state index contributed by atoms with van der Waals surface area (Å²) in [5.41, 5.74) is 2.04. The Kier molecular flexibility index (Phi) is 5.01. The number of sulfone groups is 1. The molecular weight excluding hydrogens is 344 g/mol. The lowest BCUT2D eigenvalue weighted by atomic mass is 10.1. The first-order valence-electron chi connectivity index (χ1n) is 8.24. The number of hydrogen-bond donors (Lipinski definition) is 0. The molecule has 0 spiro atoms. The molecule has 1 aromatic rings. The number of carbonyl (C=O) groups excluding carboxylic acids is 1. The normalized spacial score (nSPS) is 26.8. The molecule has 1 aromatic carbocycles. The number of benzene rings is 1. The molecule has 3 rings (SSSR count). The van der Waals surface area contributed by atoms with Crippen LogP contribution in [0.25, 0.3) is 0 Å². The van der Waals surface area contributed by atoms with Crippen LogP contribution in [0, 0.1) is 6.92 Å². The van der Waals surface area contributed by atoms with Crippen LogP contribution in [0.1, 0.15) is 31.7 Å². The molecule has 2 atom stereocenters. The van der Waals surface area contributed by atoms with Gasteiger partial charge in [-0.3, -0.25) is 4.79 Å². The maximum Gasteiger partial charge on any atom is 0.248 e. The van der Waals surface area contributed by atoms with Gasteiger partial charge in [-0.05, 0) is 25.5 Å². The van der Waals surface area contributed by atoms with Crippen molar-refractivity contribution in [1.29, 1.82) is 0 Å². The van der Waals surface area contributed by atoms with Crippen molar-refractivity contribution < 1.29 is 13.2 Å². The van der Waals surface area contributed by atoms with Gasteiger partial charge in [0.1, 0.15) is 0 Å². The van der Waals surface area contributed by atoms with Gasteiger partial charge < -0.3 is 4.90 Å². The highest BCUT2D eigenvalue weighted by molar-refractivity contribution is 8.16. The largest absolute Gasteiger partial charge is 0.316 e. The first kappa shape index (κ1) is 17.5. The number of thioether (sulfide) groups is 1. The number of unbranched alkanes of at least 4 members (excludes halogenated alkanes) is 1. The maximum atomic E-state index is 12.1. The van der Waals surface area contributed by atoms with Gasteiger partial charge in [0, 0.05) is 17.4 Å². The predicted octanol–water partition coefficient (Wildman–Crippen LogP) is 2.79. The standard InChI is InChI=1S/C17H22N2O3S2/c1-3-4-5-16(20)18-17-19(13-8-6-12(2)7-9-13)14-10-24(21,22)11-15(14)23-17/h6-9,14-15H,3-5,10-11H2,1-2H3/t14-,15-/m0/s1. The number of hydrogen-bond acceptors (Lipinski definition) is 4. The van der Waals surface area contributed by atoms with Crippen molar-refractivity contribution in [3.63, 3.8) is 0 Å². The zero-order valence-corrected chi connectivity index (χ0v) is 15.6. The summed E-state index contributed by atoms with van der Waals surface area (Å²) in [6.45, 7) is 4.05. The lowest BCUT2D eigenvalue weighted by Crippen LogP contribution is -2.37. The van der Waals surface area contributed by atoms with E-state index in [4.69, 9.17) is 0 Å². The van der Waals surface area contributed by atoms with Crippen molar-refractivity contribution >= 4 is 38.4 Å². The molecule has 0 radical (unpaired) electrons. The molecule has 24 heavy (non-hydrogen) atoms. The van der Waals surface area contributed by atoms with Gasteiger partial charge in [0.05, 0.1) is 17.5 Å². The Labute approximate surface area is 147 Å². The maximum absolute atomic E-state index is 12.1. The molecule has 1 amide bonds. The molecule has 0 bridgehead atoms. The number of amidine groups is 1. The zero-order valence-electron chi connectivity index (χ0n) is 13.9. The Morgan fingerprint density at radius 2 is 2.00 bits per heavy atom. The van der Waals surface area contributed by atoms with E-state index in [1.807, 2.05) is 43.0 Å². The van der Waals surface area contributed by atoms with Gasteiger partial charge >= 0.3 is 0 Å². The second-order valence-corrected chi connectivity index (χ2v) is 9.76. The molecule has 0 aromatic heterocycles. The van der Waals surface area contributed by atoms with Gasteiger partial charge in [-0.2, -0.15) is 4.99 Å². The van der Waals surface area contributed by atoms with Crippen molar-refractivity contribution in [3.05, 3.63) is 29.8 Å². The summed E-state index contributed by atoms with van der Waals surface area (Å²) in [5.74, 6) is 0.160. The van der Waals surface area contributed by atoms with Crippen LogP contribution in [-0.4, -0.2) is 42.3 Å². The Bertz CT molecular complexity index is 757. The predicted molar refractivity (Wildman–Crippen MR) is 99.4 cm³/mol. The Hall–Kier alpha value is -1.34. The van der Waals surface area contributed by atoms with Crippen LogP contribution in [0.4, 0.5) is 5.69 Å². The average molecular weight is 367 g/mol. The van der Waals surface area contributed by atoms with Crippen molar-refractivity contribution in [2.75, 3.05) is 16.4 Å². The Morgan fingerprint density at radius 3 is 2.67 bits per heavy atom. The van der Waals surface area contributed by atoms with Crippen LogP contribution in [0.2, 0.25) is 0 Å². The lowest BCUT2D eigenvalue weighted by molar-refractivity contribution is -0.117. The Balaban J connectivity index is 1.92. The second kappa shape index (κ2) is 6.88. The lowest BCUT2D eigenvalue weighted by Gasteiger charge is -2.24. The van der Waals surface area contributed by atoms with Gasteiger partial charge in [0.15, 0.2) is 15.0 Å². The summed E-state index contributed by atoms with van der Waals surface area (Å²) in [4.78, 5) is 18.3.